The first-order valence-corrected chi connectivity index (χ1v) is 9.92. The minimum atomic E-state index is -0.404. The van der Waals surface area contributed by atoms with Gasteiger partial charge in [-0.25, -0.2) is 4.79 Å². The van der Waals surface area contributed by atoms with Crippen LogP contribution in [0.1, 0.15) is 44.6 Å². The number of aromatic nitrogens is 1. The average Bonchev–Trinajstić information content (AvgIpc) is 3.10. The average molecular weight is 399 g/mol. The monoisotopic (exact) mass is 399 g/mol. The molecule has 0 bridgehead atoms. The fourth-order valence-electron chi connectivity index (χ4n) is 3.77. The van der Waals surface area contributed by atoms with E-state index in [4.69, 9.17) is 9.47 Å². The largest absolute Gasteiger partial charge is 0.497 e. The summed E-state index contributed by atoms with van der Waals surface area (Å²) in [5.74, 6) is 0.388. The number of nitrogens with one attached hydrogen (secondary N) is 1. The van der Waals surface area contributed by atoms with Crippen molar-refractivity contribution in [2.45, 2.75) is 26.8 Å². The van der Waals surface area contributed by atoms with Gasteiger partial charge in [-0.15, -0.1) is 0 Å². The van der Waals surface area contributed by atoms with E-state index in [1.165, 1.54) is 12.7 Å². The third kappa shape index (κ3) is 4.45. The van der Waals surface area contributed by atoms with Crippen molar-refractivity contribution < 1.29 is 19.1 Å². The molecular weight excluding hydrogens is 370 g/mol. The number of H-pyrrole nitrogens is 1. The van der Waals surface area contributed by atoms with Crippen LogP contribution in [-0.2, 0) is 17.7 Å². The van der Waals surface area contributed by atoms with Gasteiger partial charge in [-0.3, -0.25) is 9.69 Å². The number of benzene rings is 1. The highest BCUT2D eigenvalue weighted by Crippen LogP contribution is 2.22. The van der Waals surface area contributed by atoms with Gasteiger partial charge in [0.25, 0.3) is 5.91 Å². The first-order chi connectivity index (χ1) is 14.0. The molecule has 0 aliphatic carbocycles. The van der Waals surface area contributed by atoms with Crippen LogP contribution < -0.4 is 4.74 Å². The Morgan fingerprint density at radius 1 is 1.07 bits per heavy atom. The van der Waals surface area contributed by atoms with Crippen molar-refractivity contribution in [3.05, 3.63) is 52.3 Å². The molecule has 0 radical (unpaired) electrons. The van der Waals surface area contributed by atoms with Gasteiger partial charge in [0.05, 0.1) is 19.8 Å². The molecule has 1 fully saturated rings. The Hall–Kier alpha value is -2.80. The van der Waals surface area contributed by atoms with E-state index in [9.17, 15) is 9.59 Å². The van der Waals surface area contributed by atoms with E-state index in [1.807, 2.05) is 24.0 Å². The normalized spacial score (nSPS) is 14.7. The number of carbonyl (C=O) groups excluding carboxylic acids is 2. The highest BCUT2D eigenvalue weighted by Gasteiger charge is 2.28. The highest BCUT2D eigenvalue weighted by atomic mass is 16.5. The van der Waals surface area contributed by atoms with Crippen molar-refractivity contribution in [1.82, 2.24) is 14.8 Å². The van der Waals surface area contributed by atoms with Gasteiger partial charge >= 0.3 is 5.97 Å². The number of aryl methyl sites for hydroxylation is 1. The van der Waals surface area contributed by atoms with Crippen LogP contribution in [0.4, 0.5) is 0 Å². The maximum Gasteiger partial charge on any atom is 0.339 e. The van der Waals surface area contributed by atoms with Crippen LogP contribution in [0.3, 0.4) is 0 Å². The maximum absolute atomic E-state index is 13.1. The van der Waals surface area contributed by atoms with E-state index in [1.54, 1.807) is 14.0 Å². The second-order valence-corrected chi connectivity index (χ2v) is 7.24. The van der Waals surface area contributed by atoms with Crippen LogP contribution in [0.5, 0.6) is 5.75 Å². The van der Waals surface area contributed by atoms with E-state index in [0.717, 1.165) is 31.1 Å². The molecule has 1 aromatic heterocycles. The lowest BCUT2D eigenvalue weighted by atomic mass is 10.1. The molecule has 7 nitrogen and oxygen atoms in total. The molecule has 156 valence electrons. The summed E-state index contributed by atoms with van der Waals surface area (Å²) >= 11 is 0. The summed E-state index contributed by atoms with van der Waals surface area (Å²) in [5.41, 5.74) is 3.61. The van der Waals surface area contributed by atoms with Crippen molar-refractivity contribution in [3.8, 4) is 5.75 Å². The Labute approximate surface area is 171 Å². The van der Waals surface area contributed by atoms with Crippen LogP contribution in [0.25, 0.3) is 0 Å². The summed E-state index contributed by atoms with van der Waals surface area (Å²) < 4.78 is 10.1. The van der Waals surface area contributed by atoms with Crippen molar-refractivity contribution >= 4 is 11.9 Å². The number of carbonyl (C=O) groups is 2. The number of piperazine rings is 1. The zero-order valence-electron chi connectivity index (χ0n) is 17.6. The number of amides is 1. The second-order valence-electron chi connectivity index (χ2n) is 7.24. The Morgan fingerprint density at radius 3 is 2.28 bits per heavy atom. The molecule has 2 aromatic rings. The van der Waals surface area contributed by atoms with Crippen LogP contribution >= 0.6 is 0 Å². The summed E-state index contributed by atoms with van der Waals surface area (Å²) in [6, 6.07) is 8.07. The first kappa shape index (κ1) is 20.9. The van der Waals surface area contributed by atoms with Gasteiger partial charge in [-0.2, -0.15) is 0 Å². The number of methoxy groups -OCH3 is 2. The number of rotatable bonds is 6. The quantitative estimate of drug-likeness (QED) is 0.756. The summed E-state index contributed by atoms with van der Waals surface area (Å²) in [6.45, 7) is 7.52. The van der Waals surface area contributed by atoms with Crippen LogP contribution in [0, 0.1) is 6.92 Å². The van der Waals surface area contributed by atoms with Crippen LogP contribution in [0.2, 0.25) is 0 Å². The molecule has 0 saturated carbocycles. The van der Waals surface area contributed by atoms with Gasteiger partial charge in [0, 0.05) is 38.4 Å². The Morgan fingerprint density at radius 2 is 1.72 bits per heavy atom. The SMILES string of the molecule is CCc1[nH]c(C(=O)N2CCN(Cc3ccc(OC)cc3)CC2)c(C)c1C(=O)OC. The predicted molar refractivity (Wildman–Crippen MR) is 110 cm³/mol. The molecule has 1 aromatic carbocycles. The Balaban J connectivity index is 1.64. The van der Waals surface area contributed by atoms with E-state index in [0.29, 0.717) is 36.3 Å². The molecule has 7 heteroatoms. The molecule has 0 spiro atoms. The predicted octanol–water partition coefficient (Wildman–Crippen LogP) is 2.64. The number of hydrogen-bond acceptors (Lipinski definition) is 5. The summed E-state index contributed by atoms with van der Waals surface area (Å²) in [6.07, 6.45) is 0.633. The van der Waals surface area contributed by atoms with E-state index in [-0.39, 0.29) is 5.91 Å². The lowest BCUT2D eigenvalue weighted by Crippen LogP contribution is -2.48. The topological polar surface area (TPSA) is 74.9 Å². The molecule has 1 amide bonds. The number of aromatic amines is 1. The number of esters is 1. The van der Waals surface area contributed by atoms with E-state index >= 15 is 0 Å². The molecular formula is C22H29N3O4. The third-order valence-corrected chi connectivity index (χ3v) is 5.51. The maximum atomic E-state index is 13.1. The molecule has 29 heavy (non-hydrogen) atoms. The van der Waals surface area contributed by atoms with E-state index < -0.39 is 5.97 Å². The smallest absolute Gasteiger partial charge is 0.339 e. The van der Waals surface area contributed by atoms with Crippen molar-refractivity contribution in [2.75, 3.05) is 40.4 Å². The lowest BCUT2D eigenvalue weighted by Gasteiger charge is -2.34. The number of hydrogen-bond donors (Lipinski definition) is 1. The molecule has 2 heterocycles. The van der Waals surface area contributed by atoms with Crippen LogP contribution in [0.15, 0.2) is 24.3 Å². The summed E-state index contributed by atoms with van der Waals surface area (Å²) in [5, 5.41) is 0. The third-order valence-electron chi connectivity index (χ3n) is 5.51. The van der Waals surface area contributed by atoms with Crippen LogP contribution in [-0.4, -0.2) is 67.1 Å². The number of nitrogens with zero attached hydrogens (tertiary/aromatic N) is 2. The molecule has 0 atom stereocenters. The molecule has 1 aliphatic rings. The molecule has 1 aliphatic heterocycles. The Kier molecular flexibility index (Phi) is 6.59. The summed E-state index contributed by atoms with van der Waals surface area (Å²) in [7, 11) is 3.02. The molecule has 1 saturated heterocycles. The zero-order valence-corrected chi connectivity index (χ0v) is 17.6. The second kappa shape index (κ2) is 9.13. The van der Waals surface area contributed by atoms with Crippen molar-refractivity contribution in [3.63, 3.8) is 0 Å². The van der Waals surface area contributed by atoms with Gasteiger partial charge in [-0.1, -0.05) is 19.1 Å². The minimum absolute atomic E-state index is 0.0588. The molecule has 0 unspecified atom stereocenters. The fourth-order valence-corrected chi connectivity index (χ4v) is 3.77. The Bertz CT molecular complexity index is 865. The standard InChI is InChI=1S/C22H29N3O4/c1-5-18-19(22(27)29-4)15(2)20(23-18)21(26)25-12-10-24(11-13-25)14-16-6-8-17(28-3)9-7-16/h6-9,23H,5,10-14H2,1-4H3. The van der Waals surface area contributed by atoms with Gasteiger partial charge in [0.1, 0.15) is 11.4 Å². The van der Waals surface area contributed by atoms with Gasteiger partial charge in [0.2, 0.25) is 0 Å². The highest BCUT2D eigenvalue weighted by molar-refractivity contribution is 6.00. The lowest BCUT2D eigenvalue weighted by molar-refractivity contribution is 0.0599. The summed E-state index contributed by atoms with van der Waals surface area (Å²) in [4.78, 5) is 32.5. The van der Waals surface area contributed by atoms with Crippen molar-refractivity contribution in [1.29, 1.82) is 0 Å². The first-order valence-electron chi connectivity index (χ1n) is 9.92. The van der Waals surface area contributed by atoms with Gasteiger partial charge in [-0.05, 0) is 36.6 Å². The van der Waals surface area contributed by atoms with Crippen molar-refractivity contribution in [2.24, 2.45) is 0 Å². The van der Waals surface area contributed by atoms with Gasteiger partial charge in [0.15, 0.2) is 0 Å². The molecule has 3 rings (SSSR count). The zero-order chi connectivity index (χ0) is 21.0. The minimum Gasteiger partial charge on any atom is -0.497 e. The molecule has 1 N–H and O–H groups in total. The van der Waals surface area contributed by atoms with E-state index in [2.05, 4.69) is 22.0 Å². The van der Waals surface area contributed by atoms with Gasteiger partial charge < -0.3 is 19.4 Å². The number of ether oxygens (including phenoxy) is 2. The fraction of sp³-hybridized carbons (Fsp3) is 0.455.